The summed E-state index contributed by atoms with van der Waals surface area (Å²) in [6.07, 6.45) is -4.52. The van der Waals surface area contributed by atoms with E-state index in [0.717, 1.165) is 5.56 Å². The third-order valence-corrected chi connectivity index (χ3v) is 3.66. The van der Waals surface area contributed by atoms with Crippen molar-refractivity contribution in [3.63, 3.8) is 0 Å². The van der Waals surface area contributed by atoms with Gasteiger partial charge in [-0.2, -0.15) is 13.2 Å². The van der Waals surface area contributed by atoms with E-state index < -0.39 is 24.0 Å². The molecular weight excluding hydrogens is 339 g/mol. The Labute approximate surface area is 122 Å². The van der Waals surface area contributed by atoms with Crippen LogP contribution in [0, 0.1) is 12.8 Å². The van der Waals surface area contributed by atoms with Crippen molar-refractivity contribution in [2.45, 2.75) is 25.6 Å². The number of nitrogens with one attached hydrogen (secondary N) is 2. The number of carbonyl (C=O) groups is 1. The molecule has 1 aliphatic heterocycles. The highest BCUT2D eigenvalue weighted by atomic mass is 79.9. The molecular formula is C12H13BrF3N3O. The second kappa shape index (κ2) is 5.69. The van der Waals surface area contributed by atoms with Crippen LogP contribution in [-0.2, 0) is 4.79 Å². The van der Waals surface area contributed by atoms with Gasteiger partial charge in [-0.3, -0.25) is 4.79 Å². The number of aromatic nitrogens is 1. The molecule has 20 heavy (non-hydrogen) atoms. The Bertz CT molecular complexity index is 521. The quantitative estimate of drug-likeness (QED) is 0.805. The third kappa shape index (κ3) is 3.49. The van der Waals surface area contributed by atoms with Crippen LogP contribution in [0.2, 0.25) is 0 Å². The van der Waals surface area contributed by atoms with Crippen LogP contribution in [0.4, 0.5) is 19.0 Å². The average Bonchev–Trinajstić information content (AvgIpc) is 2.83. The molecule has 0 spiro atoms. The molecule has 1 amide bonds. The predicted molar refractivity (Wildman–Crippen MR) is 71.3 cm³/mol. The lowest BCUT2D eigenvalue weighted by Gasteiger charge is -2.14. The van der Waals surface area contributed by atoms with Gasteiger partial charge in [0.05, 0.1) is 12.0 Å². The summed E-state index contributed by atoms with van der Waals surface area (Å²) in [5, 5.41) is 5.15. The molecule has 2 unspecified atom stereocenters. The number of amides is 1. The molecule has 0 aromatic carbocycles. The third-order valence-electron chi connectivity index (χ3n) is 3.21. The molecule has 0 saturated carbocycles. The molecule has 0 aliphatic carbocycles. The number of carbonyl (C=O) groups excluding carboxylic acids is 1. The fourth-order valence-electron chi connectivity index (χ4n) is 2.02. The van der Waals surface area contributed by atoms with Crippen LogP contribution in [0.25, 0.3) is 0 Å². The number of hydrogen-bond acceptors (Lipinski definition) is 3. The molecule has 2 rings (SSSR count). The van der Waals surface area contributed by atoms with Gasteiger partial charge >= 0.3 is 6.18 Å². The van der Waals surface area contributed by atoms with Crippen LogP contribution < -0.4 is 10.6 Å². The number of hydrogen-bond donors (Lipinski definition) is 2. The van der Waals surface area contributed by atoms with Gasteiger partial charge in [0.2, 0.25) is 5.91 Å². The van der Waals surface area contributed by atoms with Crippen molar-refractivity contribution in [3.05, 3.63) is 22.3 Å². The van der Waals surface area contributed by atoms with E-state index in [1.165, 1.54) is 0 Å². The Kier molecular flexibility index (Phi) is 4.33. The van der Waals surface area contributed by atoms with E-state index in [0.29, 0.717) is 10.4 Å². The molecule has 2 heterocycles. The van der Waals surface area contributed by atoms with E-state index in [1.807, 2.05) is 0 Å². The number of alkyl halides is 3. The van der Waals surface area contributed by atoms with Gasteiger partial charge in [0.15, 0.2) is 0 Å². The zero-order chi connectivity index (χ0) is 14.9. The van der Waals surface area contributed by atoms with Crippen molar-refractivity contribution in [1.82, 2.24) is 10.3 Å². The van der Waals surface area contributed by atoms with E-state index in [1.54, 1.807) is 19.1 Å². The minimum absolute atomic E-state index is 0.230. The fraction of sp³-hybridized carbons (Fsp3) is 0.500. The highest BCUT2D eigenvalue weighted by Gasteiger charge is 2.45. The highest BCUT2D eigenvalue weighted by Crippen LogP contribution is 2.32. The first kappa shape index (κ1) is 15.2. The van der Waals surface area contributed by atoms with Gasteiger partial charge in [-0.25, -0.2) is 4.98 Å². The molecule has 0 radical (unpaired) electrons. The second-order valence-corrected chi connectivity index (χ2v) is 5.54. The number of halogens is 4. The van der Waals surface area contributed by atoms with E-state index in [-0.39, 0.29) is 13.0 Å². The summed E-state index contributed by atoms with van der Waals surface area (Å²) >= 11 is 3.18. The van der Waals surface area contributed by atoms with Crippen molar-refractivity contribution < 1.29 is 18.0 Å². The maximum Gasteiger partial charge on any atom is 0.393 e. The van der Waals surface area contributed by atoms with Crippen LogP contribution >= 0.6 is 15.9 Å². The van der Waals surface area contributed by atoms with Gasteiger partial charge in [-0.1, -0.05) is 6.07 Å². The van der Waals surface area contributed by atoms with Gasteiger partial charge in [-0.15, -0.1) is 0 Å². The van der Waals surface area contributed by atoms with Crippen LogP contribution in [-0.4, -0.2) is 29.7 Å². The first-order chi connectivity index (χ1) is 9.27. The molecule has 1 fully saturated rings. The van der Waals surface area contributed by atoms with Crippen molar-refractivity contribution in [3.8, 4) is 0 Å². The Hall–Kier alpha value is -1.15. The molecule has 4 nitrogen and oxygen atoms in total. The van der Waals surface area contributed by atoms with E-state index in [2.05, 4.69) is 31.5 Å². The average molecular weight is 352 g/mol. The number of rotatable bonds is 2. The van der Waals surface area contributed by atoms with Crippen LogP contribution in [0.1, 0.15) is 12.0 Å². The summed E-state index contributed by atoms with van der Waals surface area (Å²) < 4.78 is 38.2. The van der Waals surface area contributed by atoms with Gasteiger partial charge in [0.1, 0.15) is 10.4 Å². The topological polar surface area (TPSA) is 54.0 Å². The Morgan fingerprint density at radius 1 is 1.50 bits per heavy atom. The first-order valence-corrected chi connectivity index (χ1v) is 6.81. The smallest absolute Gasteiger partial charge is 0.309 e. The highest BCUT2D eigenvalue weighted by molar-refractivity contribution is 9.10. The number of nitrogens with zero attached hydrogens (tertiary/aromatic N) is 1. The Morgan fingerprint density at radius 2 is 2.20 bits per heavy atom. The molecule has 1 aromatic heterocycles. The fourth-order valence-corrected chi connectivity index (χ4v) is 2.33. The molecule has 1 aliphatic rings. The molecule has 2 N–H and O–H groups in total. The van der Waals surface area contributed by atoms with Gasteiger partial charge < -0.3 is 10.6 Å². The SMILES string of the molecule is Cc1ccc(Br)nc1NC(=O)C1CC(C(F)(F)F)CN1. The Morgan fingerprint density at radius 3 is 2.80 bits per heavy atom. The maximum absolute atomic E-state index is 12.6. The molecule has 2 atom stereocenters. The summed E-state index contributed by atoms with van der Waals surface area (Å²) in [5.74, 6) is -1.62. The van der Waals surface area contributed by atoms with Gasteiger partial charge in [0, 0.05) is 6.54 Å². The summed E-state index contributed by atoms with van der Waals surface area (Å²) in [6, 6.07) is 2.63. The van der Waals surface area contributed by atoms with Crippen LogP contribution in [0.3, 0.4) is 0 Å². The number of aryl methyl sites for hydroxylation is 1. The number of pyridine rings is 1. The summed E-state index contributed by atoms with van der Waals surface area (Å²) in [7, 11) is 0. The summed E-state index contributed by atoms with van der Waals surface area (Å²) in [4.78, 5) is 16.0. The zero-order valence-corrected chi connectivity index (χ0v) is 12.2. The monoisotopic (exact) mass is 351 g/mol. The molecule has 0 bridgehead atoms. The normalized spacial score (nSPS) is 22.9. The zero-order valence-electron chi connectivity index (χ0n) is 10.6. The molecule has 1 aromatic rings. The van der Waals surface area contributed by atoms with E-state index in [9.17, 15) is 18.0 Å². The minimum atomic E-state index is -4.27. The lowest BCUT2D eigenvalue weighted by atomic mass is 10.0. The molecule has 1 saturated heterocycles. The summed E-state index contributed by atoms with van der Waals surface area (Å²) in [5.41, 5.74) is 0.743. The maximum atomic E-state index is 12.6. The largest absolute Gasteiger partial charge is 0.393 e. The van der Waals surface area contributed by atoms with Crippen molar-refractivity contribution in [2.75, 3.05) is 11.9 Å². The van der Waals surface area contributed by atoms with Crippen molar-refractivity contribution in [1.29, 1.82) is 0 Å². The molecule has 8 heteroatoms. The van der Waals surface area contributed by atoms with E-state index >= 15 is 0 Å². The van der Waals surface area contributed by atoms with Gasteiger partial charge in [-0.05, 0) is 40.9 Å². The van der Waals surface area contributed by atoms with Crippen molar-refractivity contribution >= 4 is 27.7 Å². The predicted octanol–water partition coefficient (Wildman–Crippen LogP) is 2.63. The van der Waals surface area contributed by atoms with E-state index in [4.69, 9.17) is 0 Å². The lowest BCUT2D eigenvalue weighted by molar-refractivity contribution is -0.169. The van der Waals surface area contributed by atoms with Crippen molar-refractivity contribution in [2.24, 2.45) is 5.92 Å². The molecule has 110 valence electrons. The summed E-state index contributed by atoms with van der Waals surface area (Å²) in [6.45, 7) is 1.53. The van der Waals surface area contributed by atoms with Gasteiger partial charge in [0.25, 0.3) is 0 Å². The lowest BCUT2D eigenvalue weighted by Crippen LogP contribution is -2.35. The number of anilines is 1. The minimum Gasteiger partial charge on any atom is -0.309 e. The standard InChI is InChI=1S/C12H13BrF3N3O/c1-6-2-3-9(13)18-10(6)19-11(20)8-4-7(5-17-8)12(14,15)16/h2-3,7-8,17H,4-5H2,1H3,(H,18,19,20). The Balaban J connectivity index is 2.01. The van der Waals surface area contributed by atoms with Crippen LogP contribution in [0.5, 0.6) is 0 Å². The second-order valence-electron chi connectivity index (χ2n) is 4.72. The first-order valence-electron chi connectivity index (χ1n) is 6.01. The van der Waals surface area contributed by atoms with Crippen LogP contribution in [0.15, 0.2) is 16.7 Å².